The first-order valence-corrected chi connectivity index (χ1v) is 7.18. The Morgan fingerprint density at radius 3 is 2.78 bits per heavy atom. The van der Waals surface area contributed by atoms with Crippen LogP contribution in [0, 0.1) is 17.8 Å². The summed E-state index contributed by atoms with van der Waals surface area (Å²) in [5, 5.41) is 0. The van der Waals surface area contributed by atoms with E-state index in [1.807, 2.05) is 0 Å². The van der Waals surface area contributed by atoms with Crippen LogP contribution in [0.5, 0.6) is 0 Å². The number of hydrogen-bond donors (Lipinski definition) is 0. The average Bonchev–Trinajstić information content (AvgIpc) is 2.74. The van der Waals surface area contributed by atoms with Crippen LogP contribution in [0.2, 0.25) is 0 Å². The maximum absolute atomic E-state index is 3.90. The zero-order chi connectivity index (χ0) is 12.8. The fourth-order valence-corrected chi connectivity index (χ4v) is 2.75. The molecule has 0 aromatic heterocycles. The fourth-order valence-electron chi connectivity index (χ4n) is 2.75. The first-order valence-electron chi connectivity index (χ1n) is 7.18. The van der Waals surface area contributed by atoms with Crippen molar-refractivity contribution >= 4 is 0 Å². The van der Waals surface area contributed by atoms with Crippen LogP contribution in [0.3, 0.4) is 0 Å². The molecule has 3 unspecified atom stereocenters. The molecule has 2 aliphatic carbocycles. The van der Waals surface area contributed by atoms with Crippen molar-refractivity contribution in [3.05, 3.63) is 60.8 Å². The number of hydrogen-bond acceptors (Lipinski definition) is 0. The van der Waals surface area contributed by atoms with E-state index in [4.69, 9.17) is 0 Å². The van der Waals surface area contributed by atoms with Gasteiger partial charge in [-0.3, -0.25) is 0 Å². The average molecular weight is 240 g/mol. The van der Waals surface area contributed by atoms with Gasteiger partial charge < -0.3 is 0 Å². The van der Waals surface area contributed by atoms with Crippen LogP contribution >= 0.6 is 0 Å². The summed E-state index contributed by atoms with van der Waals surface area (Å²) in [6.07, 6.45) is 23.2. The van der Waals surface area contributed by atoms with Crippen molar-refractivity contribution in [1.29, 1.82) is 0 Å². The highest BCUT2D eigenvalue weighted by atomic mass is 14.2. The number of rotatable bonds is 4. The van der Waals surface area contributed by atoms with E-state index in [0.29, 0.717) is 5.92 Å². The fraction of sp³-hybridized carbons (Fsp3) is 0.444. The molecule has 0 radical (unpaired) electrons. The SMILES string of the molecule is C=CC1CCC(/C=C/C2C=CC=C(CC)C=C2)C1. The summed E-state index contributed by atoms with van der Waals surface area (Å²) in [5.74, 6) is 1.97. The quantitative estimate of drug-likeness (QED) is 0.591. The zero-order valence-electron chi connectivity index (χ0n) is 11.4. The Kier molecular flexibility index (Phi) is 4.81. The second kappa shape index (κ2) is 6.58. The molecule has 0 nitrogen and oxygen atoms in total. The van der Waals surface area contributed by atoms with Crippen molar-refractivity contribution in [2.75, 3.05) is 0 Å². The highest BCUT2D eigenvalue weighted by Crippen LogP contribution is 2.32. The van der Waals surface area contributed by atoms with Crippen molar-refractivity contribution in [3.63, 3.8) is 0 Å². The Balaban J connectivity index is 1.89. The molecular formula is C18H24. The summed E-state index contributed by atoms with van der Waals surface area (Å²) >= 11 is 0. The van der Waals surface area contributed by atoms with E-state index in [9.17, 15) is 0 Å². The first kappa shape index (κ1) is 13.1. The smallest absolute Gasteiger partial charge is 0.0133 e. The molecule has 0 saturated heterocycles. The van der Waals surface area contributed by atoms with E-state index in [2.05, 4.69) is 62.1 Å². The van der Waals surface area contributed by atoms with Crippen LogP contribution < -0.4 is 0 Å². The molecule has 0 amide bonds. The van der Waals surface area contributed by atoms with Gasteiger partial charge in [-0.2, -0.15) is 0 Å². The van der Waals surface area contributed by atoms with Crippen LogP contribution in [-0.4, -0.2) is 0 Å². The Labute approximate surface area is 111 Å². The Hall–Kier alpha value is -1.30. The lowest BCUT2D eigenvalue weighted by Crippen LogP contribution is -1.92. The summed E-state index contributed by atoms with van der Waals surface area (Å²) in [4.78, 5) is 0. The molecule has 96 valence electrons. The maximum atomic E-state index is 3.90. The molecule has 0 heterocycles. The van der Waals surface area contributed by atoms with E-state index in [1.165, 1.54) is 24.8 Å². The second-order valence-electron chi connectivity index (χ2n) is 5.37. The lowest BCUT2D eigenvalue weighted by Gasteiger charge is -2.05. The van der Waals surface area contributed by atoms with E-state index in [0.717, 1.165) is 18.3 Å². The van der Waals surface area contributed by atoms with Crippen LogP contribution in [-0.2, 0) is 0 Å². The summed E-state index contributed by atoms with van der Waals surface area (Å²) in [5.41, 5.74) is 1.41. The van der Waals surface area contributed by atoms with Gasteiger partial charge in [0.15, 0.2) is 0 Å². The van der Waals surface area contributed by atoms with Gasteiger partial charge in [-0.15, -0.1) is 6.58 Å². The standard InChI is InChI=1S/C18H24/c1-3-15-6-5-7-17(10-8-15)11-13-18-12-9-16(4-2)14-18/h4-8,10-11,13,16-18H,2-3,9,12,14H2,1H3/b13-11+. The highest BCUT2D eigenvalue weighted by Gasteiger charge is 2.19. The largest absolute Gasteiger partial charge is 0.103 e. The minimum atomic E-state index is 0.466. The van der Waals surface area contributed by atoms with Crippen LogP contribution in [0.4, 0.5) is 0 Å². The normalized spacial score (nSPS) is 31.6. The molecule has 0 aromatic rings. The molecule has 0 aliphatic heterocycles. The molecular weight excluding hydrogens is 216 g/mol. The van der Waals surface area contributed by atoms with Crippen molar-refractivity contribution in [2.24, 2.45) is 17.8 Å². The van der Waals surface area contributed by atoms with Crippen molar-refractivity contribution < 1.29 is 0 Å². The van der Waals surface area contributed by atoms with Crippen molar-refractivity contribution in [1.82, 2.24) is 0 Å². The van der Waals surface area contributed by atoms with Gasteiger partial charge in [-0.05, 0) is 43.1 Å². The van der Waals surface area contributed by atoms with Gasteiger partial charge >= 0.3 is 0 Å². The van der Waals surface area contributed by atoms with Crippen LogP contribution in [0.1, 0.15) is 32.6 Å². The van der Waals surface area contributed by atoms with Crippen LogP contribution in [0.15, 0.2) is 60.8 Å². The van der Waals surface area contributed by atoms with Crippen molar-refractivity contribution in [2.45, 2.75) is 32.6 Å². The highest BCUT2D eigenvalue weighted by molar-refractivity contribution is 5.30. The molecule has 3 atom stereocenters. The third-order valence-electron chi connectivity index (χ3n) is 4.04. The van der Waals surface area contributed by atoms with Gasteiger partial charge in [0.2, 0.25) is 0 Å². The predicted octanol–water partition coefficient (Wildman–Crippen LogP) is 5.22. The number of allylic oxidation sites excluding steroid dienone is 9. The molecule has 0 heteroatoms. The zero-order valence-corrected chi connectivity index (χ0v) is 11.4. The molecule has 1 fully saturated rings. The molecule has 2 aliphatic rings. The molecule has 0 aromatic carbocycles. The molecule has 0 bridgehead atoms. The third-order valence-corrected chi connectivity index (χ3v) is 4.04. The molecule has 0 spiro atoms. The van der Waals surface area contributed by atoms with E-state index in [-0.39, 0.29) is 0 Å². The van der Waals surface area contributed by atoms with Gasteiger partial charge in [-0.1, -0.05) is 55.5 Å². The first-order chi connectivity index (χ1) is 8.81. The minimum Gasteiger partial charge on any atom is -0.103 e. The molecule has 1 saturated carbocycles. The van der Waals surface area contributed by atoms with Gasteiger partial charge in [0.25, 0.3) is 0 Å². The summed E-state index contributed by atoms with van der Waals surface area (Å²) in [6.45, 7) is 6.11. The molecule has 18 heavy (non-hydrogen) atoms. The summed E-state index contributed by atoms with van der Waals surface area (Å²) in [7, 11) is 0. The second-order valence-corrected chi connectivity index (χ2v) is 5.37. The van der Waals surface area contributed by atoms with Gasteiger partial charge in [0, 0.05) is 5.92 Å². The summed E-state index contributed by atoms with van der Waals surface area (Å²) in [6, 6.07) is 0. The molecule has 0 N–H and O–H groups in total. The van der Waals surface area contributed by atoms with E-state index >= 15 is 0 Å². The lowest BCUT2D eigenvalue weighted by atomic mass is 10.0. The van der Waals surface area contributed by atoms with Crippen LogP contribution in [0.25, 0.3) is 0 Å². The van der Waals surface area contributed by atoms with Crippen molar-refractivity contribution in [3.8, 4) is 0 Å². The lowest BCUT2D eigenvalue weighted by molar-refractivity contribution is 0.637. The van der Waals surface area contributed by atoms with Gasteiger partial charge in [0.05, 0.1) is 0 Å². The summed E-state index contributed by atoms with van der Waals surface area (Å²) < 4.78 is 0. The topological polar surface area (TPSA) is 0 Å². The van der Waals surface area contributed by atoms with E-state index in [1.54, 1.807) is 0 Å². The maximum Gasteiger partial charge on any atom is 0.0133 e. The van der Waals surface area contributed by atoms with E-state index < -0.39 is 0 Å². The van der Waals surface area contributed by atoms with Gasteiger partial charge in [0.1, 0.15) is 0 Å². The Bertz CT molecular complexity index is 392. The molecule has 2 rings (SSSR count). The Morgan fingerprint density at radius 2 is 2.06 bits per heavy atom. The minimum absolute atomic E-state index is 0.466. The monoisotopic (exact) mass is 240 g/mol. The van der Waals surface area contributed by atoms with Gasteiger partial charge in [-0.25, -0.2) is 0 Å². The third kappa shape index (κ3) is 3.60. The Morgan fingerprint density at radius 1 is 1.22 bits per heavy atom. The predicted molar refractivity (Wildman–Crippen MR) is 80.3 cm³/mol.